The minimum absolute atomic E-state index is 0.460. The van der Waals surface area contributed by atoms with Gasteiger partial charge in [-0.05, 0) is 54.1 Å². The Hall–Kier alpha value is -3.88. The predicted octanol–water partition coefficient (Wildman–Crippen LogP) is 5.17. The van der Waals surface area contributed by atoms with Gasteiger partial charge in [0.05, 0.1) is 11.6 Å². The molecule has 32 heavy (non-hydrogen) atoms. The molecule has 3 nitrogen and oxygen atoms in total. The van der Waals surface area contributed by atoms with Crippen molar-refractivity contribution in [1.29, 1.82) is 5.26 Å². The van der Waals surface area contributed by atoms with Crippen LogP contribution in [-0.2, 0) is 4.57 Å². The Morgan fingerprint density at radius 1 is 0.656 bits per heavy atom. The molecule has 154 valence electrons. The van der Waals surface area contributed by atoms with Crippen molar-refractivity contribution in [3.8, 4) is 17.9 Å². The summed E-state index contributed by atoms with van der Waals surface area (Å²) in [4.78, 5) is 0. The molecule has 0 aliphatic rings. The third-order valence-corrected chi connectivity index (χ3v) is 7.73. The first-order valence-electron chi connectivity index (χ1n) is 10.2. The summed E-state index contributed by atoms with van der Waals surface area (Å²) in [6.45, 7) is 0. The molecule has 1 unspecified atom stereocenters. The monoisotopic (exact) mass is 432 g/mol. The van der Waals surface area contributed by atoms with E-state index in [9.17, 15) is 4.57 Å². The summed E-state index contributed by atoms with van der Waals surface area (Å²) in [7, 11) is -3.18. The molecule has 0 aliphatic heterocycles. The molecule has 0 spiro atoms. The van der Waals surface area contributed by atoms with Crippen molar-refractivity contribution < 1.29 is 4.57 Å². The van der Waals surface area contributed by atoms with Crippen molar-refractivity contribution in [3.63, 3.8) is 0 Å². The average Bonchev–Trinajstić information content (AvgIpc) is 2.88. The highest BCUT2D eigenvalue weighted by Gasteiger charge is 2.30. The van der Waals surface area contributed by atoms with Gasteiger partial charge in [-0.25, -0.2) is 5.09 Å². The second kappa shape index (κ2) is 9.95. The minimum atomic E-state index is -3.18. The van der Waals surface area contributed by atoms with Crippen LogP contribution in [-0.4, -0.2) is 0 Å². The maximum absolute atomic E-state index is 14.5. The third kappa shape index (κ3) is 4.88. The van der Waals surface area contributed by atoms with E-state index in [1.807, 2.05) is 103 Å². The summed E-state index contributed by atoms with van der Waals surface area (Å²) in [5.74, 6) is 6.45. The predicted molar refractivity (Wildman–Crippen MR) is 130 cm³/mol. The van der Waals surface area contributed by atoms with E-state index in [1.54, 1.807) is 12.1 Å². The molecule has 0 radical (unpaired) electrons. The number of hydrogen-bond donors (Lipinski definition) is 1. The van der Waals surface area contributed by atoms with Crippen molar-refractivity contribution in [2.45, 2.75) is 6.04 Å². The number of hydrogen-bond acceptors (Lipinski definition) is 2. The summed E-state index contributed by atoms with van der Waals surface area (Å²) < 4.78 is 14.5. The molecule has 4 heteroatoms. The number of benzene rings is 4. The van der Waals surface area contributed by atoms with E-state index in [2.05, 4.69) is 23.0 Å². The van der Waals surface area contributed by atoms with Crippen LogP contribution in [0.3, 0.4) is 0 Å². The van der Waals surface area contributed by atoms with Gasteiger partial charge in [-0.1, -0.05) is 78.6 Å². The number of rotatable bonds is 5. The van der Waals surface area contributed by atoms with Gasteiger partial charge in [0.15, 0.2) is 0 Å². The number of nitrogens with zero attached hydrogens (tertiary/aromatic N) is 1. The smallest absolute Gasteiger partial charge is 0.205 e. The van der Waals surface area contributed by atoms with Crippen LogP contribution in [0.25, 0.3) is 0 Å². The fraction of sp³-hybridized carbons (Fsp3) is 0.0357. The lowest BCUT2D eigenvalue weighted by Gasteiger charge is -2.24. The number of nitriles is 1. The lowest BCUT2D eigenvalue weighted by molar-refractivity contribution is 0.574. The molecule has 1 atom stereocenters. The van der Waals surface area contributed by atoms with Gasteiger partial charge in [-0.2, -0.15) is 5.26 Å². The van der Waals surface area contributed by atoms with E-state index in [-0.39, 0.29) is 0 Å². The summed E-state index contributed by atoms with van der Waals surface area (Å²) in [6.07, 6.45) is 0. The Morgan fingerprint density at radius 3 is 1.62 bits per heavy atom. The highest BCUT2D eigenvalue weighted by atomic mass is 31.2. The van der Waals surface area contributed by atoms with Gasteiger partial charge in [-0.3, -0.25) is 4.57 Å². The lowest BCUT2D eigenvalue weighted by atomic mass is 10.1. The maximum Gasteiger partial charge on any atom is 0.205 e. The van der Waals surface area contributed by atoms with Gasteiger partial charge in [0.1, 0.15) is 6.04 Å². The first kappa shape index (κ1) is 21.4. The molecule has 4 aromatic rings. The van der Waals surface area contributed by atoms with Gasteiger partial charge in [-0.15, -0.1) is 0 Å². The van der Waals surface area contributed by atoms with Crippen LogP contribution >= 0.6 is 7.29 Å². The van der Waals surface area contributed by atoms with Crippen molar-refractivity contribution in [2.75, 3.05) is 0 Å². The average molecular weight is 432 g/mol. The second-order valence-corrected chi connectivity index (χ2v) is 9.72. The Balaban J connectivity index is 1.78. The van der Waals surface area contributed by atoms with Crippen LogP contribution in [0, 0.1) is 23.2 Å². The second-order valence-electron chi connectivity index (χ2n) is 7.21. The molecular weight excluding hydrogens is 411 g/mol. The molecule has 0 aromatic heterocycles. The third-order valence-electron chi connectivity index (χ3n) is 5.06. The molecular formula is C28H21N2OP. The Kier molecular flexibility index (Phi) is 6.64. The van der Waals surface area contributed by atoms with E-state index in [4.69, 9.17) is 5.26 Å². The van der Waals surface area contributed by atoms with E-state index in [0.717, 1.165) is 21.7 Å². The van der Waals surface area contributed by atoms with Gasteiger partial charge >= 0.3 is 0 Å². The first-order valence-corrected chi connectivity index (χ1v) is 12.0. The fourth-order valence-corrected chi connectivity index (χ4v) is 5.73. The van der Waals surface area contributed by atoms with Crippen molar-refractivity contribution in [2.24, 2.45) is 0 Å². The molecule has 0 fully saturated rings. The zero-order valence-electron chi connectivity index (χ0n) is 17.3. The molecule has 0 amide bonds. The molecule has 0 heterocycles. The molecule has 0 aliphatic carbocycles. The van der Waals surface area contributed by atoms with E-state index >= 15 is 0 Å². The topological polar surface area (TPSA) is 52.9 Å². The zero-order chi connectivity index (χ0) is 22.2. The maximum atomic E-state index is 14.5. The van der Waals surface area contributed by atoms with Crippen LogP contribution in [0.1, 0.15) is 22.7 Å². The zero-order valence-corrected chi connectivity index (χ0v) is 18.2. The van der Waals surface area contributed by atoms with Crippen LogP contribution < -0.4 is 15.7 Å². The van der Waals surface area contributed by atoms with Crippen molar-refractivity contribution >= 4 is 17.9 Å². The van der Waals surface area contributed by atoms with E-state index < -0.39 is 13.3 Å². The molecule has 4 aromatic carbocycles. The Morgan fingerprint density at radius 2 is 1.12 bits per heavy atom. The molecule has 4 rings (SSSR count). The van der Waals surface area contributed by atoms with Crippen LogP contribution in [0.2, 0.25) is 0 Å². The Bertz CT molecular complexity index is 1270. The van der Waals surface area contributed by atoms with Gasteiger partial charge < -0.3 is 0 Å². The SMILES string of the molecule is N#Cc1ccc(C#CC(NP(=O)(c2ccccc2)c2ccccc2)c2ccccc2)cc1. The van der Waals surface area contributed by atoms with Gasteiger partial charge in [0.2, 0.25) is 7.29 Å². The largest absolute Gasteiger partial charge is 0.296 e. The minimum Gasteiger partial charge on any atom is -0.296 e. The number of nitrogens with one attached hydrogen (secondary N) is 1. The lowest BCUT2D eigenvalue weighted by Crippen LogP contribution is -2.30. The normalized spacial score (nSPS) is 11.6. The van der Waals surface area contributed by atoms with Crippen molar-refractivity contribution in [3.05, 3.63) is 132 Å². The standard InChI is InChI=1S/C28H21N2OP/c29-22-24-18-16-23(17-19-24)20-21-28(25-10-4-1-5-11-25)30-32(31,26-12-6-2-7-13-26)27-14-8-3-9-15-27/h1-19,28H,(H,30,31). The fourth-order valence-electron chi connectivity index (χ4n) is 3.38. The molecule has 0 bridgehead atoms. The van der Waals surface area contributed by atoms with Crippen LogP contribution in [0.4, 0.5) is 0 Å². The van der Waals surface area contributed by atoms with Gasteiger partial charge in [0, 0.05) is 16.2 Å². The highest BCUT2D eigenvalue weighted by Crippen LogP contribution is 2.41. The highest BCUT2D eigenvalue weighted by molar-refractivity contribution is 7.76. The van der Waals surface area contributed by atoms with Crippen LogP contribution in [0.15, 0.2) is 115 Å². The summed E-state index contributed by atoms with van der Waals surface area (Å²) >= 11 is 0. The molecule has 0 saturated carbocycles. The molecule has 0 saturated heterocycles. The quantitative estimate of drug-likeness (QED) is 0.350. The van der Waals surface area contributed by atoms with E-state index in [0.29, 0.717) is 5.56 Å². The summed E-state index contributed by atoms with van der Waals surface area (Å²) in [6, 6.07) is 37.5. The van der Waals surface area contributed by atoms with Gasteiger partial charge in [0.25, 0.3) is 0 Å². The summed E-state index contributed by atoms with van der Waals surface area (Å²) in [5, 5.41) is 13.9. The molecule has 1 N–H and O–H groups in total. The summed E-state index contributed by atoms with van der Waals surface area (Å²) in [5.41, 5.74) is 2.31. The van der Waals surface area contributed by atoms with E-state index in [1.165, 1.54) is 0 Å². The van der Waals surface area contributed by atoms with Crippen molar-refractivity contribution in [1.82, 2.24) is 5.09 Å². The first-order chi connectivity index (χ1) is 15.7. The van der Waals surface area contributed by atoms with Crippen LogP contribution in [0.5, 0.6) is 0 Å². The Labute approximate surface area is 188 Å².